The lowest BCUT2D eigenvalue weighted by molar-refractivity contribution is 0.968. The Morgan fingerprint density at radius 2 is 2.05 bits per heavy atom. The van der Waals surface area contributed by atoms with E-state index >= 15 is 0 Å². The summed E-state index contributed by atoms with van der Waals surface area (Å²) in [6.45, 7) is 9.83. The van der Waals surface area contributed by atoms with Crippen LogP contribution >= 0.6 is 0 Å². The Kier molecular flexibility index (Phi) is 3.71. The standard InChI is InChI=1S/C15H18N4/c1-10(2)17-14(9-16-4)11(3)15-18-12-7-5-6-8-13(12)19-15/h5-9,16-17H,1,3H2,2,4H3,(H,18,19)/b14-9+. The average Bonchev–Trinajstić information content (AvgIpc) is 2.80. The Labute approximate surface area is 112 Å². The molecule has 4 heteroatoms. The van der Waals surface area contributed by atoms with E-state index in [-0.39, 0.29) is 0 Å². The van der Waals surface area contributed by atoms with E-state index < -0.39 is 0 Å². The van der Waals surface area contributed by atoms with Crippen molar-refractivity contribution in [1.82, 2.24) is 20.6 Å². The van der Waals surface area contributed by atoms with Gasteiger partial charge < -0.3 is 15.6 Å². The first-order valence-corrected chi connectivity index (χ1v) is 6.06. The van der Waals surface area contributed by atoms with Crippen LogP contribution in [0.1, 0.15) is 12.7 Å². The zero-order valence-corrected chi connectivity index (χ0v) is 11.2. The maximum absolute atomic E-state index is 4.53. The highest BCUT2D eigenvalue weighted by Gasteiger charge is 2.10. The zero-order valence-electron chi connectivity index (χ0n) is 11.2. The van der Waals surface area contributed by atoms with Gasteiger partial charge in [-0.25, -0.2) is 4.98 Å². The number of rotatable bonds is 5. The Morgan fingerprint density at radius 1 is 1.32 bits per heavy atom. The third-order valence-corrected chi connectivity index (χ3v) is 2.64. The van der Waals surface area contributed by atoms with Crippen LogP contribution in [0.25, 0.3) is 16.6 Å². The molecule has 1 aromatic heterocycles. The van der Waals surface area contributed by atoms with Crippen LogP contribution in [0.2, 0.25) is 0 Å². The summed E-state index contributed by atoms with van der Waals surface area (Å²) in [5.74, 6) is 0.747. The monoisotopic (exact) mass is 254 g/mol. The highest BCUT2D eigenvalue weighted by atomic mass is 15.0. The molecule has 0 saturated carbocycles. The molecule has 0 fully saturated rings. The smallest absolute Gasteiger partial charge is 0.140 e. The lowest BCUT2D eigenvalue weighted by Gasteiger charge is -2.11. The fourth-order valence-corrected chi connectivity index (χ4v) is 1.80. The summed E-state index contributed by atoms with van der Waals surface area (Å²) in [7, 11) is 1.84. The molecular weight excluding hydrogens is 236 g/mol. The van der Waals surface area contributed by atoms with Crippen LogP contribution < -0.4 is 10.6 Å². The van der Waals surface area contributed by atoms with Crippen LogP contribution in [0, 0.1) is 0 Å². The van der Waals surface area contributed by atoms with Gasteiger partial charge in [-0.2, -0.15) is 0 Å². The van der Waals surface area contributed by atoms with Crippen LogP contribution in [0.5, 0.6) is 0 Å². The number of fused-ring (bicyclic) bond motifs is 1. The Bertz CT molecular complexity index is 616. The lowest BCUT2D eigenvalue weighted by Crippen LogP contribution is -2.14. The number of para-hydroxylation sites is 2. The second kappa shape index (κ2) is 5.44. The molecule has 19 heavy (non-hydrogen) atoms. The quantitative estimate of drug-likeness (QED) is 0.719. The largest absolute Gasteiger partial charge is 0.392 e. The Morgan fingerprint density at radius 3 is 2.68 bits per heavy atom. The number of nitrogens with zero attached hydrogens (tertiary/aromatic N) is 1. The molecular formula is C15H18N4. The first-order valence-electron chi connectivity index (χ1n) is 6.06. The summed E-state index contributed by atoms with van der Waals surface area (Å²) in [5.41, 5.74) is 4.40. The van der Waals surface area contributed by atoms with E-state index in [2.05, 4.69) is 33.8 Å². The predicted molar refractivity (Wildman–Crippen MR) is 80.2 cm³/mol. The Hall–Kier alpha value is -2.49. The van der Waals surface area contributed by atoms with E-state index in [4.69, 9.17) is 0 Å². The molecule has 0 amide bonds. The number of H-pyrrole nitrogens is 1. The molecule has 0 radical (unpaired) electrons. The molecule has 0 aliphatic carbocycles. The summed E-state index contributed by atoms with van der Waals surface area (Å²) < 4.78 is 0. The minimum atomic E-state index is 0.747. The molecule has 0 spiro atoms. The molecule has 3 N–H and O–H groups in total. The van der Waals surface area contributed by atoms with Crippen molar-refractivity contribution in [3.8, 4) is 0 Å². The maximum atomic E-state index is 4.53. The van der Waals surface area contributed by atoms with Crippen molar-refractivity contribution in [2.75, 3.05) is 7.05 Å². The topological polar surface area (TPSA) is 52.7 Å². The highest BCUT2D eigenvalue weighted by Crippen LogP contribution is 2.20. The summed E-state index contributed by atoms with van der Waals surface area (Å²) >= 11 is 0. The SMILES string of the molecule is C=C(C)N/C(=C/NC)C(=C)c1nc2ccccc2[nH]1. The van der Waals surface area contributed by atoms with Crippen molar-refractivity contribution in [2.24, 2.45) is 0 Å². The molecule has 1 heterocycles. The number of allylic oxidation sites excluding steroid dienone is 2. The number of benzene rings is 1. The average molecular weight is 254 g/mol. The molecule has 0 unspecified atom stereocenters. The summed E-state index contributed by atoms with van der Waals surface area (Å²) in [5, 5.41) is 6.16. The van der Waals surface area contributed by atoms with Gasteiger partial charge in [0.2, 0.25) is 0 Å². The van der Waals surface area contributed by atoms with E-state index in [1.54, 1.807) is 0 Å². The van der Waals surface area contributed by atoms with Gasteiger partial charge in [-0.15, -0.1) is 0 Å². The van der Waals surface area contributed by atoms with Crippen LogP contribution in [-0.4, -0.2) is 17.0 Å². The fraction of sp³-hybridized carbons (Fsp3) is 0.133. The Balaban J connectivity index is 2.35. The minimum Gasteiger partial charge on any atom is -0.392 e. The molecule has 98 valence electrons. The van der Waals surface area contributed by atoms with E-state index in [0.717, 1.165) is 33.8 Å². The van der Waals surface area contributed by atoms with Crippen molar-refractivity contribution in [3.05, 3.63) is 60.8 Å². The molecule has 2 rings (SSSR count). The molecule has 0 atom stereocenters. The first kappa shape index (κ1) is 13.0. The number of nitrogens with one attached hydrogen (secondary N) is 3. The number of aromatic nitrogens is 2. The van der Waals surface area contributed by atoms with E-state index in [0.29, 0.717) is 0 Å². The van der Waals surface area contributed by atoms with Gasteiger partial charge in [-0.1, -0.05) is 25.3 Å². The maximum Gasteiger partial charge on any atom is 0.140 e. The van der Waals surface area contributed by atoms with Crippen LogP contribution in [-0.2, 0) is 0 Å². The molecule has 2 aromatic rings. The molecule has 1 aromatic carbocycles. The molecule has 0 aliphatic heterocycles. The van der Waals surface area contributed by atoms with Crippen LogP contribution in [0.15, 0.2) is 55.0 Å². The van der Waals surface area contributed by atoms with E-state index in [1.807, 2.05) is 44.4 Å². The van der Waals surface area contributed by atoms with Crippen LogP contribution in [0.3, 0.4) is 0 Å². The summed E-state index contributed by atoms with van der Waals surface area (Å²) in [4.78, 5) is 7.79. The van der Waals surface area contributed by atoms with Crippen molar-refractivity contribution in [3.63, 3.8) is 0 Å². The van der Waals surface area contributed by atoms with Crippen molar-refractivity contribution in [2.45, 2.75) is 6.92 Å². The van der Waals surface area contributed by atoms with Crippen molar-refractivity contribution < 1.29 is 0 Å². The minimum absolute atomic E-state index is 0.747. The van der Waals surface area contributed by atoms with Gasteiger partial charge in [0.15, 0.2) is 0 Å². The van der Waals surface area contributed by atoms with Crippen molar-refractivity contribution in [1.29, 1.82) is 0 Å². The third kappa shape index (κ3) is 2.85. The number of hydrogen-bond acceptors (Lipinski definition) is 3. The normalized spacial score (nSPS) is 11.4. The van der Waals surface area contributed by atoms with Gasteiger partial charge in [0.05, 0.1) is 16.7 Å². The number of aromatic amines is 1. The van der Waals surface area contributed by atoms with Gasteiger partial charge >= 0.3 is 0 Å². The second-order valence-electron chi connectivity index (χ2n) is 4.33. The predicted octanol–water partition coefficient (Wildman–Crippen LogP) is 2.76. The molecule has 0 saturated heterocycles. The first-order chi connectivity index (χ1) is 9.11. The van der Waals surface area contributed by atoms with Crippen molar-refractivity contribution >= 4 is 16.6 Å². The molecule has 0 bridgehead atoms. The zero-order chi connectivity index (χ0) is 13.8. The van der Waals surface area contributed by atoms with Crippen LogP contribution in [0.4, 0.5) is 0 Å². The highest BCUT2D eigenvalue weighted by molar-refractivity contribution is 5.82. The van der Waals surface area contributed by atoms with E-state index in [9.17, 15) is 0 Å². The van der Waals surface area contributed by atoms with E-state index in [1.165, 1.54) is 0 Å². The molecule has 0 aliphatic rings. The summed E-state index contributed by atoms with van der Waals surface area (Å²) in [6, 6.07) is 7.90. The lowest BCUT2D eigenvalue weighted by atomic mass is 10.2. The van der Waals surface area contributed by atoms with Gasteiger partial charge in [-0.05, 0) is 19.1 Å². The summed E-state index contributed by atoms with van der Waals surface area (Å²) in [6.07, 6.45) is 1.84. The number of imidazole rings is 1. The van der Waals surface area contributed by atoms with Gasteiger partial charge in [0, 0.05) is 24.5 Å². The fourth-order valence-electron chi connectivity index (χ4n) is 1.80. The van der Waals surface area contributed by atoms with Gasteiger partial charge in [-0.3, -0.25) is 0 Å². The third-order valence-electron chi connectivity index (χ3n) is 2.64. The molecule has 4 nitrogen and oxygen atoms in total. The number of hydrogen-bond donors (Lipinski definition) is 3. The van der Waals surface area contributed by atoms with Gasteiger partial charge in [0.1, 0.15) is 5.82 Å². The van der Waals surface area contributed by atoms with Gasteiger partial charge in [0.25, 0.3) is 0 Å². The second-order valence-corrected chi connectivity index (χ2v) is 4.33.